The van der Waals surface area contributed by atoms with Crippen LogP contribution in [0.25, 0.3) is 0 Å². The topological polar surface area (TPSA) is 29.1 Å². The molecule has 0 aromatic carbocycles. The molecule has 0 atom stereocenters. The number of halogens is 2. The minimum absolute atomic E-state index is 0.0294. The number of alkyl halides is 2. The molecule has 4 bridgehead atoms. The van der Waals surface area contributed by atoms with Gasteiger partial charge in [0.25, 0.3) is 5.91 Å². The molecule has 0 aliphatic heterocycles. The highest BCUT2D eigenvalue weighted by Crippen LogP contribution is 2.55. The highest BCUT2D eigenvalue weighted by atomic mass is 19.3. The lowest BCUT2D eigenvalue weighted by atomic mass is 9.53. The fourth-order valence-electron chi connectivity index (χ4n) is 5.17. The normalized spacial score (nSPS) is 36.7. The SMILES string of the molecule is C=C(CC(F)(F)C(=O)NC12CC3CC(CC(C3)C1)C2)C(C)C. The Labute approximate surface area is 131 Å². The molecule has 0 aromatic heterocycles. The van der Waals surface area contributed by atoms with Crippen molar-refractivity contribution in [3.8, 4) is 0 Å². The largest absolute Gasteiger partial charge is 0.345 e. The van der Waals surface area contributed by atoms with Gasteiger partial charge in [-0.3, -0.25) is 4.79 Å². The Morgan fingerprint density at radius 1 is 1.18 bits per heavy atom. The summed E-state index contributed by atoms with van der Waals surface area (Å²) >= 11 is 0. The van der Waals surface area contributed by atoms with Crippen LogP contribution in [0.15, 0.2) is 12.2 Å². The van der Waals surface area contributed by atoms with Crippen molar-refractivity contribution >= 4 is 5.91 Å². The van der Waals surface area contributed by atoms with Gasteiger partial charge in [-0.15, -0.1) is 0 Å². The molecule has 4 aliphatic carbocycles. The van der Waals surface area contributed by atoms with Gasteiger partial charge in [0.1, 0.15) is 0 Å². The molecule has 4 heteroatoms. The van der Waals surface area contributed by atoms with Crippen molar-refractivity contribution in [3.63, 3.8) is 0 Å². The van der Waals surface area contributed by atoms with Crippen LogP contribution >= 0.6 is 0 Å². The van der Waals surface area contributed by atoms with Gasteiger partial charge in [0.05, 0.1) is 0 Å². The maximum absolute atomic E-state index is 14.2. The third-order valence-electron chi connectivity index (χ3n) is 6.01. The van der Waals surface area contributed by atoms with Crippen LogP contribution in [0.5, 0.6) is 0 Å². The Balaban J connectivity index is 1.67. The second kappa shape index (κ2) is 5.31. The molecule has 2 nitrogen and oxygen atoms in total. The zero-order valence-electron chi connectivity index (χ0n) is 13.6. The minimum Gasteiger partial charge on any atom is -0.345 e. The monoisotopic (exact) mass is 311 g/mol. The third kappa shape index (κ3) is 2.93. The summed E-state index contributed by atoms with van der Waals surface area (Å²) in [6, 6.07) is 0. The molecular formula is C18H27F2NO. The van der Waals surface area contributed by atoms with Crippen LogP contribution in [0.2, 0.25) is 0 Å². The summed E-state index contributed by atoms with van der Waals surface area (Å²) in [5, 5.41) is 2.78. The fourth-order valence-corrected chi connectivity index (χ4v) is 5.17. The molecule has 0 aromatic rings. The van der Waals surface area contributed by atoms with Gasteiger partial charge < -0.3 is 5.32 Å². The predicted octanol–water partition coefficient (Wildman–Crippen LogP) is 4.31. The summed E-state index contributed by atoms with van der Waals surface area (Å²) in [5.74, 6) is -2.57. The summed E-state index contributed by atoms with van der Waals surface area (Å²) in [4.78, 5) is 12.2. The molecule has 1 amide bonds. The van der Waals surface area contributed by atoms with E-state index < -0.39 is 18.3 Å². The molecule has 4 aliphatic rings. The first kappa shape index (κ1) is 15.9. The zero-order valence-corrected chi connectivity index (χ0v) is 13.6. The molecular weight excluding hydrogens is 284 g/mol. The van der Waals surface area contributed by atoms with Gasteiger partial charge >= 0.3 is 5.92 Å². The maximum atomic E-state index is 14.2. The zero-order chi connectivity index (χ0) is 16.1. The number of carbonyl (C=O) groups is 1. The van der Waals surface area contributed by atoms with Gasteiger partial charge in [-0.1, -0.05) is 26.0 Å². The molecule has 1 N–H and O–H groups in total. The molecule has 4 fully saturated rings. The van der Waals surface area contributed by atoms with E-state index in [-0.39, 0.29) is 11.5 Å². The van der Waals surface area contributed by atoms with E-state index in [0.29, 0.717) is 23.3 Å². The highest BCUT2D eigenvalue weighted by molar-refractivity contribution is 5.84. The van der Waals surface area contributed by atoms with Gasteiger partial charge in [0, 0.05) is 12.0 Å². The summed E-state index contributed by atoms with van der Waals surface area (Å²) in [6.07, 6.45) is 5.84. The number of allylic oxidation sites excluding steroid dienone is 1. The Hall–Kier alpha value is -0.930. The lowest BCUT2D eigenvalue weighted by molar-refractivity contribution is -0.151. The van der Waals surface area contributed by atoms with Gasteiger partial charge in [-0.05, 0) is 62.2 Å². The lowest BCUT2D eigenvalue weighted by Gasteiger charge is -2.57. The van der Waals surface area contributed by atoms with E-state index in [4.69, 9.17) is 0 Å². The van der Waals surface area contributed by atoms with E-state index in [0.717, 1.165) is 19.3 Å². The first-order chi connectivity index (χ1) is 10.2. The first-order valence-corrected chi connectivity index (χ1v) is 8.57. The Morgan fingerprint density at radius 3 is 2.05 bits per heavy atom. The van der Waals surface area contributed by atoms with Crippen LogP contribution in [0.3, 0.4) is 0 Å². The molecule has 22 heavy (non-hydrogen) atoms. The number of nitrogens with one attached hydrogen (secondary N) is 1. The van der Waals surface area contributed by atoms with E-state index in [1.165, 1.54) is 19.3 Å². The second-order valence-corrected chi connectivity index (χ2v) is 8.35. The standard InChI is InChI=1S/C18H27F2NO/c1-11(2)12(3)7-18(19,20)16(22)21-17-8-13-4-14(9-17)6-15(5-13)10-17/h11,13-15H,3-10H2,1-2H3,(H,21,22). The van der Waals surface area contributed by atoms with Crippen LogP contribution in [0, 0.1) is 23.7 Å². The quantitative estimate of drug-likeness (QED) is 0.753. The summed E-state index contributed by atoms with van der Waals surface area (Å²) in [5.41, 5.74) is 0.0830. The van der Waals surface area contributed by atoms with E-state index in [1.54, 1.807) is 0 Å². The maximum Gasteiger partial charge on any atom is 0.328 e. The van der Waals surface area contributed by atoms with Crippen molar-refractivity contribution in [2.45, 2.75) is 70.3 Å². The smallest absolute Gasteiger partial charge is 0.328 e. The average Bonchev–Trinajstić information content (AvgIpc) is 2.35. The van der Waals surface area contributed by atoms with Crippen molar-refractivity contribution in [2.24, 2.45) is 23.7 Å². The van der Waals surface area contributed by atoms with Crippen molar-refractivity contribution in [1.82, 2.24) is 5.32 Å². The van der Waals surface area contributed by atoms with Crippen LogP contribution in [0.1, 0.15) is 58.8 Å². The molecule has 4 rings (SSSR count). The van der Waals surface area contributed by atoms with Crippen LogP contribution in [-0.4, -0.2) is 17.4 Å². The van der Waals surface area contributed by atoms with Gasteiger partial charge in [0.2, 0.25) is 0 Å². The molecule has 124 valence electrons. The molecule has 0 heterocycles. The predicted molar refractivity (Wildman–Crippen MR) is 82.6 cm³/mol. The first-order valence-electron chi connectivity index (χ1n) is 8.57. The molecule has 0 spiro atoms. The van der Waals surface area contributed by atoms with Crippen LogP contribution in [0.4, 0.5) is 8.78 Å². The molecule has 0 saturated heterocycles. The van der Waals surface area contributed by atoms with Crippen LogP contribution in [-0.2, 0) is 4.79 Å². The Bertz CT molecular complexity index is 448. The number of amides is 1. The molecule has 0 unspecified atom stereocenters. The van der Waals surface area contributed by atoms with E-state index in [1.807, 2.05) is 13.8 Å². The molecule has 4 saturated carbocycles. The van der Waals surface area contributed by atoms with Crippen molar-refractivity contribution < 1.29 is 13.6 Å². The number of hydrogen-bond donors (Lipinski definition) is 1. The van der Waals surface area contributed by atoms with E-state index in [2.05, 4.69) is 11.9 Å². The fraction of sp³-hybridized carbons (Fsp3) is 0.833. The van der Waals surface area contributed by atoms with Crippen molar-refractivity contribution in [1.29, 1.82) is 0 Å². The summed E-state index contributed by atoms with van der Waals surface area (Å²) < 4.78 is 28.5. The van der Waals surface area contributed by atoms with E-state index >= 15 is 0 Å². The van der Waals surface area contributed by atoms with E-state index in [9.17, 15) is 13.6 Å². The third-order valence-corrected chi connectivity index (χ3v) is 6.01. The van der Waals surface area contributed by atoms with Gasteiger partial charge in [0.15, 0.2) is 0 Å². The van der Waals surface area contributed by atoms with Gasteiger partial charge in [-0.2, -0.15) is 8.78 Å². The van der Waals surface area contributed by atoms with Crippen LogP contribution < -0.4 is 5.32 Å². The minimum atomic E-state index is -3.34. The number of hydrogen-bond acceptors (Lipinski definition) is 1. The summed E-state index contributed by atoms with van der Waals surface area (Å²) in [7, 11) is 0. The van der Waals surface area contributed by atoms with Crippen molar-refractivity contribution in [3.05, 3.63) is 12.2 Å². The van der Waals surface area contributed by atoms with Crippen molar-refractivity contribution in [2.75, 3.05) is 0 Å². The summed E-state index contributed by atoms with van der Waals surface area (Å²) in [6.45, 7) is 7.35. The Morgan fingerprint density at radius 2 is 1.64 bits per heavy atom. The number of carbonyl (C=O) groups excluding carboxylic acids is 1. The number of rotatable bonds is 5. The lowest BCUT2D eigenvalue weighted by Crippen LogP contribution is -2.62. The molecule has 0 radical (unpaired) electrons. The second-order valence-electron chi connectivity index (χ2n) is 8.35. The highest BCUT2D eigenvalue weighted by Gasteiger charge is 2.53. The Kier molecular flexibility index (Phi) is 3.85. The average molecular weight is 311 g/mol. The van der Waals surface area contributed by atoms with Gasteiger partial charge in [-0.25, -0.2) is 0 Å².